The lowest BCUT2D eigenvalue weighted by Gasteiger charge is -2.50. The number of rotatable bonds is 7. The van der Waals surface area contributed by atoms with Crippen LogP contribution in [0.5, 0.6) is 5.75 Å². The monoisotopic (exact) mass is 713 g/mol. The van der Waals surface area contributed by atoms with E-state index in [1.54, 1.807) is 48.5 Å². The molecular formula is C41H32ClN3O7. The number of nitro groups is 1. The molecule has 4 aromatic carbocycles. The maximum Gasteiger partial charge on any atom is 0.269 e. The molecule has 1 saturated carbocycles. The van der Waals surface area contributed by atoms with Crippen LogP contribution < -0.4 is 9.80 Å². The van der Waals surface area contributed by atoms with E-state index in [0.29, 0.717) is 39.4 Å². The average molecular weight is 714 g/mol. The lowest BCUT2D eigenvalue weighted by atomic mass is 9.49. The van der Waals surface area contributed by atoms with E-state index in [1.807, 2.05) is 36.4 Å². The zero-order chi connectivity index (χ0) is 36.5. The third-order valence-corrected chi connectivity index (χ3v) is 11.5. The number of para-hydroxylation sites is 1. The van der Waals surface area contributed by atoms with Crippen molar-refractivity contribution in [2.24, 2.45) is 23.7 Å². The van der Waals surface area contributed by atoms with Crippen molar-refractivity contribution in [1.82, 2.24) is 0 Å². The highest BCUT2D eigenvalue weighted by Crippen LogP contribution is 2.65. The smallest absolute Gasteiger partial charge is 0.269 e. The molecule has 4 aliphatic rings. The Labute approximate surface area is 303 Å². The summed E-state index contributed by atoms with van der Waals surface area (Å²) in [4.78, 5) is 71.8. The Hall–Kier alpha value is -5.87. The minimum atomic E-state index is -1.54. The van der Waals surface area contributed by atoms with Crippen molar-refractivity contribution >= 4 is 52.3 Å². The number of carbonyl (C=O) groups excluding carboxylic acids is 4. The van der Waals surface area contributed by atoms with Gasteiger partial charge in [0.05, 0.1) is 39.5 Å². The largest absolute Gasteiger partial charge is 0.507 e. The van der Waals surface area contributed by atoms with Crippen LogP contribution in [-0.2, 0) is 31.0 Å². The fourth-order valence-electron chi connectivity index (χ4n) is 9.23. The zero-order valence-electron chi connectivity index (χ0n) is 27.7. The van der Waals surface area contributed by atoms with Gasteiger partial charge in [-0.3, -0.25) is 34.2 Å². The molecule has 2 aliphatic heterocycles. The maximum absolute atomic E-state index is 15.4. The summed E-state index contributed by atoms with van der Waals surface area (Å²) in [6.07, 6.45) is 4.20. The lowest BCUT2D eigenvalue weighted by molar-refractivity contribution is -0.384. The Morgan fingerprint density at radius 1 is 0.865 bits per heavy atom. The maximum atomic E-state index is 15.4. The third-order valence-electron chi connectivity index (χ3n) is 11.3. The molecule has 2 heterocycles. The fraction of sp³-hybridized carbons (Fsp3) is 0.220. The van der Waals surface area contributed by atoms with Crippen LogP contribution in [0.2, 0.25) is 5.02 Å². The van der Waals surface area contributed by atoms with E-state index >= 15 is 4.79 Å². The average Bonchev–Trinajstić information content (AvgIpc) is 3.53. The normalized spacial score (nSPS) is 26.5. The van der Waals surface area contributed by atoms with Crippen LogP contribution in [0.15, 0.2) is 121 Å². The minimum Gasteiger partial charge on any atom is -0.507 e. The number of nitro benzene ring substituents is 1. The number of fused-ring (bicyclic) bond motifs is 4. The summed E-state index contributed by atoms with van der Waals surface area (Å²) in [5.74, 6) is -6.05. The van der Waals surface area contributed by atoms with Crippen LogP contribution in [0.1, 0.15) is 35.4 Å². The van der Waals surface area contributed by atoms with Gasteiger partial charge in [-0.2, -0.15) is 0 Å². The first-order chi connectivity index (χ1) is 25.1. The van der Waals surface area contributed by atoms with E-state index in [4.69, 9.17) is 11.6 Å². The number of phenols is 1. The Balaban J connectivity index is 1.35. The molecule has 2 saturated heterocycles. The number of hydrogen-bond donors (Lipinski definition) is 1. The van der Waals surface area contributed by atoms with Crippen molar-refractivity contribution in [1.29, 1.82) is 0 Å². The highest BCUT2D eigenvalue weighted by atomic mass is 35.5. The molecule has 0 aromatic heterocycles. The molecule has 4 aromatic rings. The molecule has 10 nitrogen and oxygen atoms in total. The van der Waals surface area contributed by atoms with Gasteiger partial charge in [0.15, 0.2) is 0 Å². The van der Waals surface area contributed by atoms with Crippen LogP contribution in [0.25, 0.3) is 0 Å². The number of amides is 4. The number of imide groups is 2. The predicted molar refractivity (Wildman–Crippen MR) is 194 cm³/mol. The van der Waals surface area contributed by atoms with Crippen LogP contribution >= 0.6 is 11.6 Å². The quantitative estimate of drug-likeness (QED) is 0.0938. The zero-order valence-corrected chi connectivity index (χ0v) is 28.5. The van der Waals surface area contributed by atoms with Gasteiger partial charge in [0.25, 0.3) is 5.69 Å². The van der Waals surface area contributed by atoms with E-state index < -0.39 is 63.6 Å². The second kappa shape index (κ2) is 12.4. The molecule has 260 valence electrons. The molecule has 4 amide bonds. The number of hydrogen-bond acceptors (Lipinski definition) is 7. The molecule has 11 heteroatoms. The summed E-state index contributed by atoms with van der Waals surface area (Å²) in [5.41, 5.74) is 1.12. The summed E-state index contributed by atoms with van der Waals surface area (Å²) in [6.45, 7) is 3.84. The summed E-state index contributed by atoms with van der Waals surface area (Å²) in [5, 5.41) is 23.6. The molecule has 8 rings (SSSR count). The summed E-state index contributed by atoms with van der Waals surface area (Å²) in [7, 11) is 0. The number of carbonyl (C=O) groups is 4. The van der Waals surface area contributed by atoms with E-state index in [-0.39, 0.29) is 30.0 Å². The van der Waals surface area contributed by atoms with Crippen LogP contribution in [0.3, 0.4) is 0 Å². The van der Waals surface area contributed by atoms with Crippen molar-refractivity contribution in [3.63, 3.8) is 0 Å². The van der Waals surface area contributed by atoms with E-state index in [1.165, 1.54) is 29.2 Å². The molecule has 52 heavy (non-hydrogen) atoms. The number of nitrogens with zero attached hydrogens (tertiary/aromatic N) is 3. The number of allylic oxidation sites excluding steroid dienone is 3. The molecule has 3 fully saturated rings. The Kier molecular flexibility index (Phi) is 7.95. The van der Waals surface area contributed by atoms with Gasteiger partial charge in [-0.25, -0.2) is 4.90 Å². The van der Waals surface area contributed by atoms with Gasteiger partial charge in [0.1, 0.15) is 5.75 Å². The van der Waals surface area contributed by atoms with Gasteiger partial charge >= 0.3 is 0 Å². The molecule has 0 bridgehead atoms. The van der Waals surface area contributed by atoms with Gasteiger partial charge < -0.3 is 5.11 Å². The van der Waals surface area contributed by atoms with Crippen molar-refractivity contribution in [3.05, 3.63) is 153 Å². The van der Waals surface area contributed by atoms with E-state index in [2.05, 4.69) is 6.58 Å². The molecular weight excluding hydrogens is 682 g/mol. The first-order valence-corrected chi connectivity index (χ1v) is 17.4. The SMILES string of the molecule is C=CCc1cccc(C2C3=CCC4C(=O)N(c5ccc([N+](=O)[O-])cc5)C(=O)C4C3CC3C(=O)N(c4cccc(Cl)c4)C(=O)C32c2ccccc2)c1O. The van der Waals surface area contributed by atoms with Gasteiger partial charge in [-0.05, 0) is 66.6 Å². The Morgan fingerprint density at radius 3 is 2.29 bits per heavy atom. The van der Waals surface area contributed by atoms with Crippen molar-refractivity contribution in [3.8, 4) is 5.75 Å². The number of aromatic hydroxyl groups is 1. The van der Waals surface area contributed by atoms with Crippen LogP contribution in [-0.4, -0.2) is 33.7 Å². The Morgan fingerprint density at radius 2 is 1.60 bits per heavy atom. The van der Waals surface area contributed by atoms with Gasteiger partial charge in [-0.1, -0.05) is 83.9 Å². The highest BCUT2D eigenvalue weighted by molar-refractivity contribution is 6.32. The molecule has 0 spiro atoms. The Bertz CT molecular complexity index is 2240. The topological polar surface area (TPSA) is 138 Å². The fourth-order valence-corrected chi connectivity index (χ4v) is 9.42. The van der Waals surface area contributed by atoms with Gasteiger partial charge in [0, 0.05) is 28.6 Å². The molecule has 6 atom stereocenters. The molecule has 6 unspecified atom stereocenters. The van der Waals surface area contributed by atoms with Crippen molar-refractivity contribution in [2.45, 2.75) is 30.6 Å². The third kappa shape index (κ3) is 4.70. The van der Waals surface area contributed by atoms with Crippen molar-refractivity contribution in [2.75, 3.05) is 9.80 Å². The van der Waals surface area contributed by atoms with Crippen molar-refractivity contribution < 1.29 is 29.2 Å². The minimum absolute atomic E-state index is 0.0343. The summed E-state index contributed by atoms with van der Waals surface area (Å²) < 4.78 is 0. The number of halogens is 1. The van der Waals surface area contributed by atoms with Crippen LogP contribution in [0, 0.1) is 33.8 Å². The number of anilines is 2. The first kappa shape index (κ1) is 33.3. The van der Waals surface area contributed by atoms with E-state index in [9.17, 15) is 29.6 Å². The number of non-ortho nitro benzene ring substituents is 1. The standard InChI is InChI=1S/C41H32ClN3O7/c1-2-8-23-9-6-14-31(36(23)46)35-29-19-20-30-34(39(49)43(37(30)47)26-15-17-27(18-16-26)45(51)52)32(29)22-33-38(48)44(28-13-7-12-25(42)21-28)40(50)41(33,35)24-10-4-3-5-11-24/h2-7,9-19,21,30,32-35,46H,1,8,20,22H2. The highest BCUT2D eigenvalue weighted by Gasteiger charge is 2.70. The molecule has 1 N–H and O–H groups in total. The predicted octanol–water partition coefficient (Wildman–Crippen LogP) is 7.05. The number of benzene rings is 4. The summed E-state index contributed by atoms with van der Waals surface area (Å²) in [6, 6.07) is 26.2. The van der Waals surface area contributed by atoms with Gasteiger partial charge in [-0.15, -0.1) is 6.58 Å². The second-order valence-electron chi connectivity index (χ2n) is 13.7. The molecule has 2 aliphatic carbocycles. The van der Waals surface area contributed by atoms with E-state index in [0.717, 1.165) is 4.90 Å². The summed E-state index contributed by atoms with van der Waals surface area (Å²) >= 11 is 6.39. The van der Waals surface area contributed by atoms with Crippen LogP contribution in [0.4, 0.5) is 17.1 Å². The number of phenolic OH excluding ortho intramolecular Hbond substituents is 1. The van der Waals surface area contributed by atoms with Gasteiger partial charge in [0.2, 0.25) is 23.6 Å². The second-order valence-corrected chi connectivity index (χ2v) is 14.2. The molecule has 0 radical (unpaired) electrons. The lowest BCUT2D eigenvalue weighted by Crippen LogP contribution is -2.53. The first-order valence-electron chi connectivity index (χ1n) is 17.0.